The Morgan fingerprint density at radius 1 is 1.07 bits per heavy atom. The number of carbonyl (C=O) groups is 1. The summed E-state index contributed by atoms with van der Waals surface area (Å²) >= 11 is 0. The van der Waals surface area contributed by atoms with E-state index in [0.29, 0.717) is 6.42 Å². The van der Waals surface area contributed by atoms with Gasteiger partial charge in [-0.3, -0.25) is 4.79 Å². The molecule has 1 amide bonds. The van der Waals surface area contributed by atoms with E-state index >= 15 is 0 Å². The van der Waals surface area contributed by atoms with Gasteiger partial charge < -0.3 is 15.2 Å². The van der Waals surface area contributed by atoms with E-state index in [9.17, 15) is 18.0 Å². The molecule has 2 N–H and O–H groups in total. The number of H-pyrrole nitrogens is 1. The fourth-order valence-corrected chi connectivity index (χ4v) is 4.71. The van der Waals surface area contributed by atoms with Crippen molar-refractivity contribution in [1.82, 2.24) is 9.88 Å². The highest BCUT2D eigenvalue weighted by Gasteiger charge is 2.59. The molecule has 7 heteroatoms. The van der Waals surface area contributed by atoms with Gasteiger partial charge >= 0.3 is 12.1 Å². The van der Waals surface area contributed by atoms with Crippen LogP contribution in [0.25, 0.3) is 10.9 Å². The minimum Gasteiger partial charge on any atom is -0.364 e. The van der Waals surface area contributed by atoms with Gasteiger partial charge in [0.2, 0.25) is 0 Å². The molecule has 4 nitrogen and oxygen atoms in total. The van der Waals surface area contributed by atoms with E-state index in [0.717, 1.165) is 32.6 Å². The van der Waals surface area contributed by atoms with Gasteiger partial charge in [0.05, 0.1) is 5.41 Å². The number of halogens is 3. The molecule has 1 aromatic heterocycles. The first-order valence-corrected chi connectivity index (χ1v) is 8.73. The van der Waals surface area contributed by atoms with Crippen molar-refractivity contribution in [2.24, 2.45) is 0 Å². The first-order valence-electron chi connectivity index (χ1n) is 8.73. The summed E-state index contributed by atoms with van der Waals surface area (Å²) in [6, 6.07) is 15.2. The molecule has 5 rings (SSSR count). The molecule has 138 valence electrons. The smallest absolute Gasteiger partial charge is 0.364 e. The van der Waals surface area contributed by atoms with E-state index in [2.05, 4.69) is 10.3 Å². The molecule has 0 spiro atoms. The second-order valence-corrected chi connectivity index (χ2v) is 7.06. The molecule has 0 unspecified atom stereocenters. The number of nitrogens with one attached hydrogen (secondary N) is 2. The van der Waals surface area contributed by atoms with Gasteiger partial charge in [-0.1, -0.05) is 36.4 Å². The summed E-state index contributed by atoms with van der Waals surface area (Å²) in [5.41, 5.74) is 2.81. The van der Waals surface area contributed by atoms with Gasteiger partial charge in [0.15, 0.2) is 0 Å². The molecular formula is C20H16F3N3O. The van der Waals surface area contributed by atoms with Crippen LogP contribution in [-0.2, 0) is 10.2 Å². The van der Waals surface area contributed by atoms with E-state index < -0.39 is 23.7 Å². The van der Waals surface area contributed by atoms with Crippen molar-refractivity contribution >= 4 is 22.5 Å². The van der Waals surface area contributed by atoms with Gasteiger partial charge in [0, 0.05) is 29.3 Å². The predicted molar refractivity (Wildman–Crippen MR) is 95.3 cm³/mol. The molecule has 1 saturated heterocycles. The zero-order valence-electron chi connectivity index (χ0n) is 14.2. The van der Waals surface area contributed by atoms with Crippen LogP contribution in [0.4, 0.5) is 18.9 Å². The zero-order chi connectivity index (χ0) is 18.8. The Hall–Kier alpha value is -2.96. The number of nitrogens with zero attached hydrogens (tertiary/aromatic N) is 1. The number of alkyl halides is 3. The van der Waals surface area contributed by atoms with E-state index in [1.165, 1.54) is 0 Å². The maximum Gasteiger partial charge on any atom is 0.471 e. The Balaban J connectivity index is 1.73. The molecule has 0 bridgehead atoms. The number of rotatable bonds is 1. The Bertz CT molecular complexity index is 1060. The van der Waals surface area contributed by atoms with Crippen LogP contribution >= 0.6 is 0 Å². The third kappa shape index (κ3) is 2.08. The Morgan fingerprint density at radius 3 is 2.63 bits per heavy atom. The largest absolute Gasteiger partial charge is 0.471 e. The van der Waals surface area contributed by atoms with Gasteiger partial charge in [-0.15, -0.1) is 0 Å². The maximum absolute atomic E-state index is 13.2. The second-order valence-electron chi connectivity index (χ2n) is 7.06. The lowest BCUT2D eigenvalue weighted by molar-refractivity contribution is -0.186. The highest BCUT2D eigenvalue weighted by atomic mass is 19.4. The Kier molecular flexibility index (Phi) is 3.17. The number of fused-ring (bicyclic) bond motifs is 4. The van der Waals surface area contributed by atoms with E-state index in [-0.39, 0.29) is 6.54 Å². The molecular weight excluding hydrogens is 355 g/mol. The van der Waals surface area contributed by atoms with E-state index in [1.807, 2.05) is 54.7 Å². The van der Waals surface area contributed by atoms with Crippen molar-refractivity contribution in [2.75, 3.05) is 11.9 Å². The third-order valence-electron chi connectivity index (χ3n) is 5.80. The molecule has 27 heavy (non-hydrogen) atoms. The van der Waals surface area contributed by atoms with Gasteiger partial charge in [-0.05, 0) is 29.7 Å². The Labute approximate surface area is 153 Å². The number of amides is 1. The van der Waals surface area contributed by atoms with Gasteiger partial charge in [-0.2, -0.15) is 13.2 Å². The summed E-state index contributed by atoms with van der Waals surface area (Å²) in [6.07, 6.45) is -3.38. The summed E-state index contributed by atoms with van der Waals surface area (Å²) < 4.78 is 39.5. The number of benzene rings is 2. The van der Waals surface area contributed by atoms with Crippen LogP contribution in [0.2, 0.25) is 0 Å². The zero-order valence-corrected chi connectivity index (χ0v) is 14.2. The molecule has 2 aliphatic rings. The molecule has 2 aliphatic heterocycles. The lowest BCUT2D eigenvalue weighted by Crippen LogP contribution is -2.50. The first-order chi connectivity index (χ1) is 12.9. The quantitative estimate of drug-likeness (QED) is 0.679. The summed E-state index contributed by atoms with van der Waals surface area (Å²) in [7, 11) is 0. The number of aromatic amines is 1. The van der Waals surface area contributed by atoms with Crippen LogP contribution in [0, 0.1) is 0 Å². The third-order valence-corrected chi connectivity index (χ3v) is 5.80. The average molecular weight is 371 g/mol. The van der Waals surface area contributed by atoms with Crippen LogP contribution in [0.3, 0.4) is 0 Å². The fourth-order valence-electron chi connectivity index (χ4n) is 4.71. The number of hydrogen-bond acceptors (Lipinski definition) is 2. The molecule has 1 fully saturated rings. The number of carbonyl (C=O) groups excluding carboxylic acids is 1. The lowest BCUT2D eigenvalue weighted by atomic mass is 9.73. The van der Waals surface area contributed by atoms with Crippen molar-refractivity contribution in [3.05, 3.63) is 65.9 Å². The van der Waals surface area contributed by atoms with Crippen LogP contribution in [-0.4, -0.2) is 34.7 Å². The van der Waals surface area contributed by atoms with Crippen LogP contribution in [0.5, 0.6) is 0 Å². The van der Waals surface area contributed by atoms with Crippen LogP contribution < -0.4 is 5.32 Å². The fraction of sp³-hybridized carbons (Fsp3) is 0.250. The SMILES string of the molecule is O=C(N1CC[C@@]2(c3c[nH]c4ccccc34)c3ccccc3N[C@@H]12)C(F)(F)F. The van der Waals surface area contributed by atoms with Crippen LogP contribution in [0.1, 0.15) is 17.5 Å². The van der Waals surface area contributed by atoms with Gasteiger partial charge in [-0.25, -0.2) is 0 Å². The normalized spacial score (nSPS) is 24.0. The minimum absolute atomic E-state index is 0.0455. The highest BCUT2D eigenvalue weighted by Crippen LogP contribution is 2.54. The monoisotopic (exact) mass is 371 g/mol. The number of aromatic nitrogens is 1. The molecule has 2 aromatic carbocycles. The van der Waals surface area contributed by atoms with E-state index in [4.69, 9.17) is 0 Å². The summed E-state index contributed by atoms with van der Waals surface area (Å²) in [5.74, 6) is -1.80. The molecule has 3 heterocycles. The topological polar surface area (TPSA) is 48.1 Å². The molecule has 0 saturated carbocycles. The molecule has 3 aromatic rings. The predicted octanol–water partition coefficient (Wildman–Crippen LogP) is 4.00. The minimum atomic E-state index is -4.90. The lowest BCUT2D eigenvalue weighted by Gasteiger charge is -2.33. The van der Waals surface area contributed by atoms with Gasteiger partial charge in [0.25, 0.3) is 0 Å². The molecule has 2 atom stereocenters. The number of likely N-dealkylation sites (tertiary alicyclic amines) is 1. The number of hydrogen-bond donors (Lipinski definition) is 2. The van der Waals surface area contributed by atoms with Crippen molar-refractivity contribution < 1.29 is 18.0 Å². The molecule has 0 aliphatic carbocycles. The van der Waals surface area contributed by atoms with Crippen LogP contribution in [0.15, 0.2) is 54.7 Å². The standard InChI is InChI=1S/C20H16F3N3O/c21-20(22,23)18(27)26-10-9-19(13-6-2-4-8-16(13)25-17(19)26)14-11-24-15-7-3-1-5-12(14)15/h1-8,11,17,24-25H,9-10H2/t17-,19-/m0/s1. The molecule has 0 radical (unpaired) electrons. The van der Waals surface area contributed by atoms with Gasteiger partial charge in [0.1, 0.15) is 6.17 Å². The van der Waals surface area contributed by atoms with Crippen molar-refractivity contribution in [2.45, 2.75) is 24.2 Å². The second kappa shape index (κ2) is 5.28. The number of para-hydroxylation sites is 2. The average Bonchev–Trinajstić information content (AvgIpc) is 3.30. The van der Waals surface area contributed by atoms with E-state index in [1.54, 1.807) is 0 Å². The Morgan fingerprint density at radius 2 is 1.81 bits per heavy atom. The summed E-state index contributed by atoms with van der Waals surface area (Å²) in [5, 5.41) is 4.14. The summed E-state index contributed by atoms with van der Waals surface area (Å²) in [4.78, 5) is 16.2. The maximum atomic E-state index is 13.2. The highest BCUT2D eigenvalue weighted by molar-refractivity contribution is 5.89. The van der Waals surface area contributed by atoms with Crippen molar-refractivity contribution in [1.29, 1.82) is 0 Å². The number of anilines is 1. The van der Waals surface area contributed by atoms with Crippen molar-refractivity contribution in [3.63, 3.8) is 0 Å². The first kappa shape index (κ1) is 16.2. The summed E-state index contributed by atoms with van der Waals surface area (Å²) in [6.45, 7) is 0.0455. The van der Waals surface area contributed by atoms with Crippen molar-refractivity contribution in [3.8, 4) is 0 Å².